The van der Waals surface area contributed by atoms with Gasteiger partial charge in [-0.25, -0.2) is 18.1 Å². The zero-order chi connectivity index (χ0) is 14.6. The number of aromatic nitrogens is 2. The summed E-state index contributed by atoms with van der Waals surface area (Å²) >= 11 is 0. The van der Waals surface area contributed by atoms with Crippen LogP contribution in [0.25, 0.3) is 0 Å². The molecule has 0 saturated heterocycles. The lowest BCUT2D eigenvalue weighted by molar-refractivity contribution is 0.324. The molecule has 1 aromatic carbocycles. The van der Waals surface area contributed by atoms with E-state index >= 15 is 0 Å². The van der Waals surface area contributed by atoms with Gasteiger partial charge in [0.25, 0.3) is 10.0 Å². The summed E-state index contributed by atoms with van der Waals surface area (Å²) in [6.07, 6.45) is 1.27. The van der Waals surface area contributed by atoms with E-state index in [1.54, 1.807) is 31.2 Å². The number of sulfonamides is 1. The lowest BCUT2D eigenvalue weighted by Crippen LogP contribution is -2.28. The van der Waals surface area contributed by atoms with Gasteiger partial charge in [0.2, 0.25) is 0 Å². The molecule has 0 bridgehead atoms. The summed E-state index contributed by atoms with van der Waals surface area (Å²) in [6, 6.07) is 7.03. The average Bonchev–Trinajstić information content (AvgIpc) is 2.84. The average molecular weight is 296 g/mol. The Morgan fingerprint density at radius 2 is 2.15 bits per heavy atom. The number of hydrogen-bond acceptors (Lipinski definition) is 5. The molecule has 0 atom stereocenters. The maximum atomic E-state index is 11.9. The topological polar surface area (TPSA) is 110 Å². The van der Waals surface area contributed by atoms with Crippen LogP contribution < -0.4 is 15.2 Å². The summed E-state index contributed by atoms with van der Waals surface area (Å²) in [5.41, 5.74) is 6.22. The van der Waals surface area contributed by atoms with Crippen molar-refractivity contribution in [2.75, 3.05) is 18.9 Å². The molecule has 0 unspecified atom stereocenters. The van der Waals surface area contributed by atoms with Crippen molar-refractivity contribution < 1.29 is 13.2 Å². The number of rotatable bonds is 6. The van der Waals surface area contributed by atoms with Gasteiger partial charge in [0.1, 0.15) is 18.2 Å². The SMILES string of the molecule is Cc1ncc(S(=O)(=O)NCCOc2ccccc2N)[nH]1. The molecule has 8 heteroatoms. The molecule has 20 heavy (non-hydrogen) atoms. The van der Waals surface area contributed by atoms with Gasteiger partial charge < -0.3 is 15.5 Å². The second-order valence-corrected chi connectivity index (χ2v) is 5.85. The van der Waals surface area contributed by atoms with Crippen LogP contribution in [-0.4, -0.2) is 31.5 Å². The van der Waals surface area contributed by atoms with E-state index in [2.05, 4.69) is 14.7 Å². The summed E-state index contributed by atoms with van der Waals surface area (Å²) < 4.78 is 31.5. The zero-order valence-electron chi connectivity index (χ0n) is 11.0. The van der Waals surface area contributed by atoms with E-state index in [4.69, 9.17) is 10.5 Å². The van der Waals surface area contributed by atoms with Crippen molar-refractivity contribution in [3.63, 3.8) is 0 Å². The first-order valence-electron chi connectivity index (χ1n) is 5.97. The Bertz CT molecular complexity index is 682. The molecule has 0 radical (unpaired) electrons. The van der Waals surface area contributed by atoms with Crippen molar-refractivity contribution in [2.45, 2.75) is 11.9 Å². The van der Waals surface area contributed by atoms with Crippen LogP contribution in [-0.2, 0) is 10.0 Å². The summed E-state index contributed by atoms with van der Waals surface area (Å²) in [6.45, 7) is 2.00. The molecule has 1 heterocycles. The smallest absolute Gasteiger partial charge is 0.257 e. The minimum Gasteiger partial charge on any atom is -0.490 e. The maximum absolute atomic E-state index is 11.9. The number of ether oxygens (including phenoxy) is 1. The van der Waals surface area contributed by atoms with Crippen molar-refractivity contribution in [1.82, 2.24) is 14.7 Å². The number of nitrogens with one attached hydrogen (secondary N) is 2. The zero-order valence-corrected chi connectivity index (χ0v) is 11.8. The van der Waals surface area contributed by atoms with Crippen LogP contribution in [0.1, 0.15) is 5.82 Å². The molecular weight excluding hydrogens is 280 g/mol. The minimum atomic E-state index is -3.58. The molecule has 4 N–H and O–H groups in total. The molecule has 0 aliphatic heterocycles. The van der Waals surface area contributed by atoms with Gasteiger partial charge in [-0.3, -0.25) is 0 Å². The molecule has 108 valence electrons. The Balaban J connectivity index is 1.86. The number of benzene rings is 1. The minimum absolute atomic E-state index is 0.0363. The molecule has 2 aromatic rings. The molecule has 0 fully saturated rings. The molecule has 0 aliphatic carbocycles. The highest BCUT2D eigenvalue weighted by molar-refractivity contribution is 7.89. The highest BCUT2D eigenvalue weighted by Gasteiger charge is 2.15. The first kappa shape index (κ1) is 14.4. The Kier molecular flexibility index (Phi) is 4.26. The van der Waals surface area contributed by atoms with E-state index < -0.39 is 10.0 Å². The molecule has 0 saturated carbocycles. The third-order valence-electron chi connectivity index (χ3n) is 2.54. The fourth-order valence-electron chi connectivity index (χ4n) is 1.56. The molecule has 2 rings (SSSR count). The van der Waals surface area contributed by atoms with Crippen LogP contribution in [0.2, 0.25) is 0 Å². The number of anilines is 1. The summed E-state index contributed by atoms with van der Waals surface area (Å²) in [5.74, 6) is 1.07. The fraction of sp³-hybridized carbons (Fsp3) is 0.250. The van der Waals surface area contributed by atoms with Crippen LogP contribution in [0.5, 0.6) is 5.75 Å². The Hall–Kier alpha value is -2.06. The quantitative estimate of drug-likeness (QED) is 0.535. The van der Waals surface area contributed by atoms with Crippen molar-refractivity contribution in [1.29, 1.82) is 0 Å². The van der Waals surface area contributed by atoms with Crippen molar-refractivity contribution in [3.05, 3.63) is 36.3 Å². The van der Waals surface area contributed by atoms with E-state index in [-0.39, 0.29) is 18.2 Å². The first-order valence-corrected chi connectivity index (χ1v) is 7.46. The second kappa shape index (κ2) is 5.93. The number of para-hydroxylation sites is 2. The number of aromatic amines is 1. The lowest BCUT2D eigenvalue weighted by Gasteiger charge is -2.09. The standard InChI is InChI=1S/C12H16N4O3S/c1-9-14-8-12(16-9)20(17,18)15-6-7-19-11-5-3-2-4-10(11)13/h2-5,8,15H,6-7,13H2,1H3,(H,14,16). The highest BCUT2D eigenvalue weighted by atomic mass is 32.2. The van der Waals surface area contributed by atoms with E-state index in [9.17, 15) is 8.42 Å². The predicted octanol–water partition coefficient (Wildman–Crippen LogP) is 0.658. The molecular formula is C12H16N4O3S. The summed E-state index contributed by atoms with van der Waals surface area (Å²) in [7, 11) is -3.58. The van der Waals surface area contributed by atoms with Crippen LogP contribution in [0.4, 0.5) is 5.69 Å². The molecule has 0 amide bonds. The van der Waals surface area contributed by atoms with Crippen molar-refractivity contribution in [3.8, 4) is 5.75 Å². The molecule has 0 aliphatic rings. The maximum Gasteiger partial charge on any atom is 0.257 e. The third-order valence-corrected chi connectivity index (χ3v) is 3.91. The lowest BCUT2D eigenvalue weighted by atomic mass is 10.3. The van der Waals surface area contributed by atoms with Gasteiger partial charge in [0.15, 0.2) is 5.03 Å². The van der Waals surface area contributed by atoms with Crippen LogP contribution >= 0.6 is 0 Å². The van der Waals surface area contributed by atoms with Gasteiger partial charge in [0.05, 0.1) is 11.9 Å². The Morgan fingerprint density at radius 3 is 2.80 bits per heavy atom. The largest absolute Gasteiger partial charge is 0.490 e. The molecule has 1 aromatic heterocycles. The number of imidazole rings is 1. The summed E-state index contributed by atoms with van der Waals surface area (Å²) in [4.78, 5) is 6.51. The van der Waals surface area contributed by atoms with Gasteiger partial charge in [-0.1, -0.05) is 12.1 Å². The van der Waals surface area contributed by atoms with Gasteiger partial charge >= 0.3 is 0 Å². The number of nitrogens with zero attached hydrogens (tertiary/aromatic N) is 1. The molecule has 7 nitrogen and oxygen atoms in total. The van der Waals surface area contributed by atoms with E-state index in [0.717, 1.165) is 0 Å². The number of nitrogen functional groups attached to an aromatic ring is 1. The van der Waals surface area contributed by atoms with Gasteiger partial charge in [-0.05, 0) is 19.1 Å². The van der Waals surface area contributed by atoms with Crippen molar-refractivity contribution >= 4 is 15.7 Å². The van der Waals surface area contributed by atoms with Gasteiger partial charge in [-0.15, -0.1) is 0 Å². The Labute approximate surface area is 117 Å². The third kappa shape index (κ3) is 3.49. The van der Waals surface area contributed by atoms with Crippen LogP contribution in [0.15, 0.2) is 35.5 Å². The van der Waals surface area contributed by atoms with Crippen molar-refractivity contribution in [2.24, 2.45) is 0 Å². The number of hydrogen-bond donors (Lipinski definition) is 3. The molecule has 0 spiro atoms. The van der Waals surface area contributed by atoms with Gasteiger partial charge in [0, 0.05) is 6.54 Å². The number of nitrogens with two attached hydrogens (primary N) is 1. The van der Waals surface area contributed by atoms with E-state index in [1.165, 1.54) is 6.20 Å². The number of aryl methyl sites for hydroxylation is 1. The van der Waals surface area contributed by atoms with Crippen LogP contribution in [0, 0.1) is 6.92 Å². The highest BCUT2D eigenvalue weighted by Crippen LogP contribution is 2.19. The summed E-state index contributed by atoms with van der Waals surface area (Å²) in [5, 5.41) is 0.0363. The normalized spacial score (nSPS) is 11.4. The first-order chi connectivity index (χ1) is 9.49. The van der Waals surface area contributed by atoms with Crippen LogP contribution in [0.3, 0.4) is 0 Å². The van der Waals surface area contributed by atoms with E-state index in [0.29, 0.717) is 17.3 Å². The predicted molar refractivity (Wildman–Crippen MR) is 74.9 cm³/mol. The number of H-pyrrole nitrogens is 1. The second-order valence-electron chi connectivity index (χ2n) is 4.12. The fourth-order valence-corrected chi connectivity index (χ4v) is 2.54. The Morgan fingerprint density at radius 1 is 1.40 bits per heavy atom. The van der Waals surface area contributed by atoms with E-state index in [1.807, 2.05) is 0 Å². The monoisotopic (exact) mass is 296 g/mol. The van der Waals surface area contributed by atoms with Gasteiger partial charge in [-0.2, -0.15) is 0 Å².